The molecule has 0 radical (unpaired) electrons. The first-order chi connectivity index (χ1) is 13.7. The highest BCUT2D eigenvalue weighted by Gasteiger charge is 2.18. The lowest BCUT2D eigenvalue weighted by Gasteiger charge is -2.13. The fourth-order valence-electron chi connectivity index (χ4n) is 2.51. The van der Waals surface area contributed by atoms with Crippen molar-refractivity contribution in [3.05, 3.63) is 72.5 Å². The molecule has 0 saturated heterocycles. The number of hydrogen-bond acceptors (Lipinski definition) is 6. The number of nitrogens with zero attached hydrogens (tertiary/aromatic N) is 2. The molecule has 0 aliphatic heterocycles. The summed E-state index contributed by atoms with van der Waals surface area (Å²) in [5.41, 5.74) is -1.82. The van der Waals surface area contributed by atoms with E-state index in [9.17, 15) is 14.4 Å². The van der Waals surface area contributed by atoms with E-state index in [-0.39, 0.29) is 21.5 Å². The molecule has 29 heavy (non-hydrogen) atoms. The second kappa shape index (κ2) is 8.32. The van der Waals surface area contributed by atoms with Gasteiger partial charge in [0.05, 0.1) is 15.7 Å². The molecule has 2 N–H and O–H groups in total. The first kappa shape index (κ1) is 21.0. The van der Waals surface area contributed by atoms with Crippen molar-refractivity contribution in [2.45, 2.75) is 11.8 Å². The highest BCUT2D eigenvalue weighted by molar-refractivity contribution is 7.98. The first-order valence-corrected chi connectivity index (χ1v) is 9.98. The maximum absolute atomic E-state index is 12.0. The number of aromatic carboxylic acids is 1. The molecular weight excluding hydrogens is 441 g/mol. The minimum atomic E-state index is -1.58. The van der Waals surface area contributed by atoms with Gasteiger partial charge < -0.3 is 9.84 Å². The van der Waals surface area contributed by atoms with Crippen LogP contribution in [0.4, 0.5) is 0 Å². The summed E-state index contributed by atoms with van der Waals surface area (Å²) in [4.78, 5) is 37.7. The molecule has 0 fully saturated rings. The summed E-state index contributed by atoms with van der Waals surface area (Å²) in [6.07, 6.45) is 1.97. The Morgan fingerprint density at radius 3 is 2.41 bits per heavy atom. The van der Waals surface area contributed by atoms with Crippen LogP contribution in [-0.2, 0) is 0 Å². The third-order valence-electron chi connectivity index (χ3n) is 3.84. The number of rotatable bonds is 5. The number of H-pyrrole nitrogens is 1. The van der Waals surface area contributed by atoms with E-state index in [2.05, 4.69) is 5.10 Å². The molecule has 0 saturated carbocycles. The zero-order valence-corrected chi connectivity index (χ0v) is 17.4. The number of aromatic amines is 1. The summed E-state index contributed by atoms with van der Waals surface area (Å²) in [5.74, 6) is -0.908. The van der Waals surface area contributed by atoms with Gasteiger partial charge in [-0.25, -0.2) is 9.59 Å². The maximum Gasteiger partial charge on any atom is 0.362 e. The minimum Gasteiger partial charge on any atom is -0.476 e. The molecule has 0 aliphatic carbocycles. The Labute approximate surface area is 178 Å². The van der Waals surface area contributed by atoms with Gasteiger partial charge in [-0.05, 0) is 49.1 Å². The summed E-state index contributed by atoms with van der Waals surface area (Å²) in [7, 11) is 0. The molecule has 2 aromatic carbocycles. The van der Waals surface area contributed by atoms with Crippen LogP contribution in [0, 0.1) is 6.92 Å². The van der Waals surface area contributed by atoms with Crippen LogP contribution < -0.4 is 16.0 Å². The van der Waals surface area contributed by atoms with Gasteiger partial charge in [-0.2, -0.15) is 9.78 Å². The molecule has 150 valence electrons. The zero-order valence-electron chi connectivity index (χ0n) is 15.0. The van der Waals surface area contributed by atoms with Crippen molar-refractivity contribution in [2.24, 2.45) is 0 Å². The van der Waals surface area contributed by atoms with E-state index in [4.69, 9.17) is 33.0 Å². The predicted octanol–water partition coefficient (Wildman–Crippen LogP) is 3.75. The van der Waals surface area contributed by atoms with Crippen LogP contribution in [0.25, 0.3) is 5.69 Å². The Balaban J connectivity index is 2.04. The van der Waals surface area contributed by atoms with Crippen molar-refractivity contribution in [1.82, 2.24) is 14.8 Å². The van der Waals surface area contributed by atoms with E-state index in [0.29, 0.717) is 10.4 Å². The third kappa shape index (κ3) is 4.31. The molecular formula is C18H13Cl2N3O5S. The second-order valence-corrected chi connectivity index (χ2v) is 7.46. The Bertz CT molecular complexity index is 1220. The number of halogens is 2. The molecule has 0 spiro atoms. The zero-order chi connectivity index (χ0) is 21.3. The molecule has 0 amide bonds. The Kier molecular flexibility index (Phi) is 6.02. The van der Waals surface area contributed by atoms with Crippen LogP contribution in [0.15, 0.2) is 44.8 Å². The van der Waals surface area contributed by atoms with Crippen LogP contribution in [0.5, 0.6) is 11.5 Å². The summed E-state index contributed by atoms with van der Waals surface area (Å²) in [5, 5.41) is 12.7. The summed E-state index contributed by atoms with van der Waals surface area (Å²) >= 11 is 14.2. The van der Waals surface area contributed by atoms with Crippen LogP contribution in [0.3, 0.4) is 0 Å². The van der Waals surface area contributed by atoms with Crippen LogP contribution in [-0.4, -0.2) is 32.1 Å². The Morgan fingerprint density at radius 1 is 1.21 bits per heavy atom. The molecule has 0 aliphatic rings. The van der Waals surface area contributed by atoms with Gasteiger partial charge in [0.25, 0.3) is 5.56 Å². The quantitative estimate of drug-likeness (QED) is 0.565. The lowest BCUT2D eigenvalue weighted by Crippen LogP contribution is -2.35. The van der Waals surface area contributed by atoms with Crippen molar-refractivity contribution >= 4 is 40.9 Å². The van der Waals surface area contributed by atoms with Gasteiger partial charge in [0.2, 0.25) is 5.69 Å². The van der Waals surface area contributed by atoms with Crippen molar-refractivity contribution in [2.75, 3.05) is 6.26 Å². The van der Waals surface area contributed by atoms with E-state index in [1.165, 1.54) is 12.1 Å². The number of ether oxygens (including phenoxy) is 1. The molecule has 0 atom stereocenters. The third-order valence-corrected chi connectivity index (χ3v) is 5.30. The SMILES string of the molecule is CSc1ccc(Oc2c(Cl)cc(-n3nc(C(=O)O)c(=O)[nH]c3=O)cc2Cl)cc1C. The van der Waals surface area contributed by atoms with E-state index in [1.807, 2.05) is 30.3 Å². The van der Waals surface area contributed by atoms with Crippen molar-refractivity contribution in [3.8, 4) is 17.2 Å². The van der Waals surface area contributed by atoms with E-state index in [1.54, 1.807) is 17.8 Å². The number of aromatic nitrogens is 3. The minimum absolute atomic E-state index is 0.0602. The Hall–Kier alpha value is -2.75. The van der Waals surface area contributed by atoms with Crippen LogP contribution in [0.1, 0.15) is 16.1 Å². The van der Waals surface area contributed by atoms with Gasteiger partial charge in [-0.3, -0.25) is 9.78 Å². The van der Waals surface area contributed by atoms with E-state index >= 15 is 0 Å². The maximum atomic E-state index is 12.0. The predicted molar refractivity (Wildman–Crippen MR) is 110 cm³/mol. The lowest BCUT2D eigenvalue weighted by atomic mass is 10.2. The average Bonchev–Trinajstić information content (AvgIpc) is 2.64. The fraction of sp³-hybridized carbons (Fsp3) is 0.111. The molecule has 11 heteroatoms. The highest BCUT2D eigenvalue weighted by atomic mass is 35.5. The van der Waals surface area contributed by atoms with Gasteiger partial charge in [0.15, 0.2) is 5.75 Å². The van der Waals surface area contributed by atoms with E-state index < -0.39 is 22.9 Å². The summed E-state index contributed by atoms with van der Waals surface area (Å²) < 4.78 is 6.47. The number of hydrogen-bond donors (Lipinski definition) is 2. The number of nitrogens with one attached hydrogen (secondary N) is 1. The van der Waals surface area contributed by atoms with Crippen molar-refractivity contribution in [1.29, 1.82) is 0 Å². The monoisotopic (exact) mass is 453 g/mol. The van der Waals surface area contributed by atoms with Crippen LogP contribution >= 0.6 is 35.0 Å². The average molecular weight is 454 g/mol. The van der Waals surface area contributed by atoms with Gasteiger partial charge in [0, 0.05) is 4.90 Å². The normalized spacial score (nSPS) is 10.8. The molecule has 3 rings (SSSR count). The molecule has 3 aromatic rings. The van der Waals surface area contributed by atoms with Crippen LogP contribution in [0.2, 0.25) is 10.0 Å². The summed E-state index contributed by atoms with van der Waals surface area (Å²) in [6.45, 7) is 1.94. The largest absolute Gasteiger partial charge is 0.476 e. The molecule has 0 unspecified atom stereocenters. The number of carbonyl (C=O) groups is 1. The van der Waals surface area contributed by atoms with Gasteiger partial charge in [-0.1, -0.05) is 23.2 Å². The molecule has 8 nitrogen and oxygen atoms in total. The smallest absolute Gasteiger partial charge is 0.362 e. The number of benzene rings is 2. The topological polar surface area (TPSA) is 114 Å². The van der Waals surface area contributed by atoms with Crippen molar-refractivity contribution in [3.63, 3.8) is 0 Å². The fourth-order valence-corrected chi connectivity index (χ4v) is 3.65. The number of thioether (sulfide) groups is 1. The highest BCUT2D eigenvalue weighted by Crippen LogP contribution is 2.38. The van der Waals surface area contributed by atoms with Gasteiger partial charge in [0.1, 0.15) is 5.75 Å². The molecule has 1 aromatic heterocycles. The standard InChI is InChI=1S/C18H13Cl2N3O5S/c1-8-5-10(3-4-13(8)29-2)28-15-11(19)6-9(7-12(15)20)23-18(27)21-16(24)14(22-23)17(25)26/h3-7H,1-2H3,(H,25,26)(H,21,24,27). The number of carboxylic acids is 1. The first-order valence-electron chi connectivity index (χ1n) is 8.00. The van der Waals surface area contributed by atoms with Gasteiger partial charge in [-0.15, -0.1) is 11.8 Å². The number of carboxylic acid groups (broad SMARTS) is 1. The lowest BCUT2D eigenvalue weighted by molar-refractivity contribution is 0.0685. The second-order valence-electron chi connectivity index (χ2n) is 5.80. The van der Waals surface area contributed by atoms with Gasteiger partial charge >= 0.3 is 11.7 Å². The molecule has 1 heterocycles. The molecule has 0 bridgehead atoms. The number of aryl methyl sites for hydroxylation is 1. The summed E-state index contributed by atoms with van der Waals surface area (Å²) in [6, 6.07) is 8.16. The Morgan fingerprint density at radius 2 is 1.86 bits per heavy atom. The van der Waals surface area contributed by atoms with Crippen molar-refractivity contribution < 1.29 is 14.6 Å². The van der Waals surface area contributed by atoms with E-state index in [0.717, 1.165) is 10.5 Å².